The average Bonchev–Trinajstić information content (AvgIpc) is 2.93. The highest BCUT2D eigenvalue weighted by Crippen LogP contribution is 2.13. The maximum absolute atomic E-state index is 11.6. The Kier molecular flexibility index (Phi) is 4.76. The second-order valence-electron chi connectivity index (χ2n) is 4.37. The molecular weight excluding hydrogens is 286 g/mol. The molecule has 1 heterocycles. The van der Waals surface area contributed by atoms with Crippen molar-refractivity contribution in [2.45, 2.75) is 6.92 Å². The lowest BCUT2D eigenvalue weighted by atomic mass is 10.2. The van der Waals surface area contributed by atoms with Crippen molar-refractivity contribution in [2.24, 2.45) is 5.10 Å². The summed E-state index contributed by atoms with van der Waals surface area (Å²) in [5.41, 5.74) is 4.02. The van der Waals surface area contributed by atoms with Crippen LogP contribution in [0.25, 0.3) is 6.08 Å². The van der Waals surface area contributed by atoms with E-state index < -0.39 is 10.8 Å². The summed E-state index contributed by atoms with van der Waals surface area (Å²) in [5.74, 6) is -0.427. The van der Waals surface area contributed by atoms with Crippen LogP contribution in [0.3, 0.4) is 0 Å². The van der Waals surface area contributed by atoms with E-state index in [1.807, 2.05) is 0 Å². The maximum atomic E-state index is 11.6. The summed E-state index contributed by atoms with van der Waals surface area (Å²) in [5, 5.41) is 20.8. The zero-order valence-corrected chi connectivity index (χ0v) is 11.7. The molecule has 8 heteroatoms. The molecule has 0 aliphatic rings. The fraction of sp³-hybridized carbons (Fsp3) is 0.0714. The van der Waals surface area contributed by atoms with E-state index in [-0.39, 0.29) is 11.4 Å². The van der Waals surface area contributed by atoms with Gasteiger partial charge in [0.15, 0.2) is 5.69 Å². The Bertz CT molecular complexity index is 748. The minimum atomic E-state index is -0.461. The van der Waals surface area contributed by atoms with Gasteiger partial charge < -0.3 is 0 Å². The average molecular weight is 299 g/mol. The van der Waals surface area contributed by atoms with Crippen LogP contribution in [0.1, 0.15) is 21.7 Å². The molecule has 8 nitrogen and oxygen atoms in total. The number of carbonyl (C=O) groups excluding carboxylic acids is 1. The number of hydrazone groups is 1. The maximum Gasteiger partial charge on any atom is 0.291 e. The normalized spacial score (nSPS) is 11.1. The first-order valence-electron chi connectivity index (χ1n) is 6.33. The smallest absolute Gasteiger partial charge is 0.282 e. The van der Waals surface area contributed by atoms with Crippen LogP contribution in [-0.2, 0) is 0 Å². The predicted molar refractivity (Wildman–Crippen MR) is 81.4 cm³/mol. The van der Waals surface area contributed by atoms with Crippen LogP contribution in [0.4, 0.5) is 5.69 Å². The fourth-order valence-corrected chi connectivity index (χ4v) is 1.63. The lowest BCUT2D eigenvalue weighted by Gasteiger charge is -1.94. The van der Waals surface area contributed by atoms with E-state index in [1.165, 1.54) is 18.3 Å². The summed E-state index contributed by atoms with van der Waals surface area (Å²) in [6.07, 6.45) is 4.58. The summed E-state index contributed by atoms with van der Waals surface area (Å²) in [7, 11) is 0. The molecule has 0 aliphatic carbocycles. The quantitative estimate of drug-likeness (QED) is 0.499. The van der Waals surface area contributed by atoms with Gasteiger partial charge in [-0.2, -0.15) is 10.2 Å². The van der Waals surface area contributed by atoms with Crippen molar-refractivity contribution in [1.82, 2.24) is 15.6 Å². The molecule has 0 atom stereocenters. The van der Waals surface area contributed by atoms with Crippen LogP contribution in [0, 0.1) is 17.0 Å². The third-order valence-electron chi connectivity index (χ3n) is 2.63. The number of hydrogen-bond donors (Lipinski definition) is 2. The predicted octanol–water partition coefficient (Wildman–Crippen LogP) is 2.06. The number of nitrogens with zero attached hydrogens (tertiary/aromatic N) is 3. The van der Waals surface area contributed by atoms with Crippen LogP contribution >= 0.6 is 0 Å². The van der Waals surface area contributed by atoms with Crippen molar-refractivity contribution in [3.8, 4) is 0 Å². The Balaban J connectivity index is 1.90. The van der Waals surface area contributed by atoms with E-state index >= 15 is 0 Å². The van der Waals surface area contributed by atoms with Crippen LogP contribution in [0.2, 0.25) is 0 Å². The lowest BCUT2D eigenvalue weighted by molar-refractivity contribution is -0.384. The number of aromatic nitrogens is 2. The monoisotopic (exact) mass is 299 g/mol. The van der Waals surface area contributed by atoms with Crippen LogP contribution < -0.4 is 5.43 Å². The highest BCUT2D eigenvalue weighted by molar-refractivity contribution is 5.93. The highest BCUT2D eigenvalue weighted by Gasteiger charge is 2.07. The molecule has 0 unspecified atom stereocenters. The molecule has 0 spiro atoms. The van der Waals surface area contributed by atoms with E-state index in [9.17, 15) is 14.9 Å². The Labute approximate surface area is 125 Å². The summed E-state index contributed by atoms with van der Waals surface area (Å²) in [4.78, 5) is 21.8. The molecule has 0 bridgehead atoms. The summed E-state index contributed by atoms with van der Waals surface area (Å²) in [6, 6.07) is 7.77. The van der Waals surface area contributed by atoms with Crippen molar-refractivity contribution < 1.29 is 9.72 Å². The van der Waals surface area contributed by atoms with E-state index in [2.05, 4.69) is 20.7 Å². The number of amides is 1. The van der Waals surface area contributed by atoms with Crippen molar-refractivity contribution in [3.05, 3.63) is 63.5 Å². The summed E-state index contributed by atoms with van der Waals surface area (Å²) >= 11 is 0. The summed E-state index contributed by atoms with van der Waals surface area (Å²) < 4.78 is 0. The molecule has 0 saturated heterocycles. The van der Waals surface area contributed by atoms with Crippen molar-refractivity contribution in [2.75, 3.05) is 0 Å². The van der Waals surface area contributed by atoms with E-state index in [0.717, 1.165) is 5.69 Å². The Morgan fingerprint density at radius 3 is 2.95 bits per heavy atom. The number of allylic oxidation sites excluding steroid dienone is 1. The van der Waals surface area contributed by atoms with Crippen LogP contribution in [0.15, 0.2) is 41.5 Å². The number of non-ortho nitro benzene ring substituents is 1. The van der Waals surface area contributed by atoms with E-state index in [4.69, 9.17) is 0 Å². The Morgan fingerprint density at radius 2 is 2.27 bits per heavy atom. The third kappa shape index (κ3) is 4.10. The molecule has 2 N–H and O–H groups in total. The largest absolute Gasteiger partial charge is 0.291 e. The van der Waals surface area contributed by atoms with Gasteiger partial charge in [0, 0.05) is 24.0 Å². The minimum absolute atomic E-state index is 0.0151. The summed E-state index contributed by atoms with van der Waals surface area (Å²) in [6.45, 7) is 1.79. The molecule has 2 aromatic rings. The van der Waals surface area contributed by atoms with Gasteiger partial charge >= 0.3 is 0 Å². The fourth-order valence-electron chi connectivity index (χ4n) is 1.63. The first-order valence-corrected chi connectivity index (χ1v) is 6.33. The van der Waals surface area contributed by atoms with E-state index in [1.54, 1.807) is 37.3 Å². The van der Waals surface area contributed by atoms with Gasteiger partial charge in [-0.15, -0.1) is 0 Å². The number of aryl methyl sites for hydroxylation is 1. The van der Waals surface area contributed by atoms with Gasteiger partial charge in [-0.25, -0.2) is 5.43 Å². The van der Waals surface area contributed by atoms with Gasteiger partial charge in [0.25, 0.3) is 11.6 Å². The topological polar surface area (TPSA) is 113 Å². The molecule has 1 aromatic heterocycles. The molecule has 2 rings (SSSR count). The van der Waals surface area contributed by atoms with Crippen LogP contribution in [-0.4, -0.2) is 27.2 Å². The highest BCUT2D eigenvalue weighted by atomic mass is 16.6. The number of carbonyl (C=O) groups is 1. The second kappa shape index (κ2) is 6.93. The minimum Gasteiger partial charge on any atom is -0.282 e. The van der Waals surface area contributed by atoms with Crippen molar-refractivity contribution in [1.29, 1.82) is 0 Å². The van der Waals surface area contributed by atoms with E-state index in [0.29, 0.717) is 5.56 Å². The number of nitro groups is 1. The molecule has 0 fully saturated rings. The Hall–Kier alpha value is -3.29. The number of hydrogen-bond acceptors (Lipinski definition) is 5. The lowest BCUT2D eigenvalue weighted by Crippen LogP contribution is -2.17. The number of nitro benzene ring substituents is 1. The third-order valence-corrected chi connectivity index (χ3v) is 2.63. The SMILES string of the molecule is Cc1cc(C(=O)NN=C/C=C\c2cccc([N+](=O)[O-])c2)n[nH]1. The van der Waals surface area contributed by atoms with Gasteiger partial charge in [-0.05, 0) is 24.6 Å². The molecule has 1 aromatic carbocycles. The van der Waals surface area contributed by atoms with Gasteiger partial charge in [-0.3, -0.25) is 20.0 Å². The molecule has 1 amide bonds. The molecular formula is C14H13N5O3. The van der Waals surface area contributed by atoms with Gasteiger partial charge in [0.2, 0.25) is 0 Å². The van der Waals surface area contributed by atoms with Crippen molar-refractivity contribution in [3.63, 3.8) is 0 Å². The standard InChI is InChI=1S/C14H13N5O3/c1-10-8-13(17-16-10)14(20)18-15-7-3-5-11-4-2-6-12(9-11)19(21)22/h2-9H,1H3,(H,16,17)(H,18,20)/b5-3-,15-7?. The first kappa shape index (κ1) is 15.1. The molecule has 112 valence electrons. The second-order valence-corrected chi connectivity index (χ2v) is 4.37. The number of rotatable bonds is 5. The first-order chi connectivity index (χ1) is 10.6. The number of aromatic amines is 1. The molecule has 0 radical (unpaired) electrons. The van der Waals surface area contributed by atoms with Gasteiger partial charge in [0.05, 0.1) is 4.92 Å². The number of H-pyrrole nitrogens is 1. The van der Waals surface area contributed by atoms with Crippen molar-refractivity contribution >= 4 is 23.9 Å². The van der Waals surface area contributed by atoms with Crippen LogP contribution in [0.5, 0.6) is 0 Å². The molecule has 0 aliphatic heterocycles. The number of benzene rings is 1. The van der Waals surface area contributed by atoms with Gasteiger partial charge in [-0.1, -0.05) is 18.2 Å². The molecule has 0 saturated carbocycles. The molecule has 22 heavy (non-hydrogen) atoms. The number of nitrogens with one attached hydrogen (secondary N) is 2. The zero-order chi connectivity index (χ0) is 15.9. The van der Waals surface area contributed by atoms with Gasteiger partial charge in [0.1, 0.15) is 0 Å². The Morgan fingerprint density at radius 1 is 1.45 bits per heavy atom. The zero-order valence-electron chi connectivity index (χ0n) is 11.7.